The first kappa shape index (κ1) is 12.0. The highest BCUT2D eigenvalue weighted by molar-refractivity contribution is 7.08. The number of rotatable bonds is 3. The van der Waals surface area contributed by atoms with Crippen LogP contribution in [0.3, 0.4) is 0 Å². The van der Waals surface area contributed by atoms with E-state index in [1.54, 1.807) is 23.9 Å². The van der Waals surface area contributed by atoms with Gasteiger partial charge < -0.3 is 10.3 Å². The van der Waals surface area contributed by atoms with E-state index in [0.29, 0.717) is 5.95 Å². The molecule has 0 saturated carbocycles. The molecule has 4 rings (SSSR count). The Labute approximate surface area is 124 Å². The Morgan fingerprint density at radius 1 is 1.10 bits per heavy atom. The topological polar surface area (TPSA) is 66.5 Å². The number of nitrogens with one attached hydrogen (secondary N) is 2. The van der Waals surface area contributed by atoms with Crippen molar-refractivity contribution >= 4 is 34.0 Å². The molecule has 0 bridgehead atoms. The number of anilines is 2. The van der Waals surface area contributed by atoms with Crippen molar-refractivity contribution in [2.45, 2.75) is 0 Å². The van der Waals surface area contributed by atoms with Crippen LogP contribution in [0.4, 0.5) is 11.6 Å². The van der Waals surface area contributed by atoms with Gasteiger partial charge in [-0.1, -0.05) is 6.07 Å². The number of hydrogen-bond donors (Lipinski definition) is 2. The number of hydrogen-bond acceptors (Lipinski definition) is 5. The first-order valence-corrected chi connectivity index (χ1v) is 7.38. The van der Waals surface area contributed by atoms with Crippen molar-refractivity contribution in [2.75, 3.05) is 5.32 Å². The van der Waals surface area contributed by atoms with Gasteiger partial charge in [0.1, 0.15) is 0 Å². The Kier molecular flexibility index (Phi) is 2.86. The molecule has 0 amide bonds. The van der Waals surface area contributed by atoms with Crippen LogP contribution in [0.25, 0.3) is 22.3 Å². The Hall–Kier alpha value is -2.73. The fraction of sp³-hybridized carbons (Fsp3) is 0. The van der Waals surface area contributed by atoms with Crippen LogP contribution in [0, 0.1) is 0 Å². The SMILES string of the molecule is c1cc(-c2ccc3nc[nH]c3c2)nc(Nc2ccsc2)n1. The van der Waals surface area contributed by atoms with Gasteiger partial charge in [-0.3, -0.25) is 0 Å². The highest BCUT2D eigenvalue weighted by Gasteiger charge is 2.05. The predicted octanol–water partition coefficient (Wildman–Crippen LogP) is 3.83. The maximum Gasteiger partial charge on any atom is 0.227 e. The van der Waals surface area contributed by atoms with Crippen LogP contribution in [0.5, 0.6) is 0 Å². The van der Waals surface area contributed by atoms with Gasteiger partial charge in [-0.15, -0.1) is 0 Å². The van der Waals surface area contributed by atoms with Gasteiger partial charge in [-0.05, 0) is 29.6 Å². The van der Waals surface area contributed by atoms with Crippen LogP contribution in [-0.2, 0) is 0 Å². The molecule has 3 heterocycles. The van der Waals surface area contributed by atoms with Gasteiger partial charge in [0.15, 0.2) is 0 Å². The summed E-state index contributed by atoms with van der Waals surface area (Å²) in [5, 5.41) is 7.23. The van der Waals surface area contributed by atoms with Crippen molar-refractivity contribution in [3.8, 4) is 11.3 Å². The Bertz CT molecular complexity index is 882. The minimum Gasteiger partial charge on any atom is -0.345 e. The monoisotopic (exact) mass is 293 g/mol. The third-order valence-corrected chi connectivity index (χ3v) is 3.83. The zero-order valence-corrected chi connectivity index (χ0v) is 11.8. The third kappa shape index (κ3) is 2.36. The fourth-order valence-electron chi connectivity index (χ4n) is 2.14. The standard InChI is InChI=1S/C15H11N5S/c1-2-13-14(18-9-17-13)7-10(1)12-3-5-16-15(20-12)19-11-4-6-21-8-11/h1-9H,(H,17,18)(H,16,19,20). The van der Waals surface area contributed by atoms with E-state index in [4.69, 9.17) is 0 Å². The number of imidazole rings is 1. The Morgan fingerprint density at radius 3 is 3.00 bits per heavy atom. The molecule has 4 aromatic rings. The first-order chi connectivity index (χ1) is 10.4. The van der Waals surface area contributed by atoms with Crippen molar-refractivity contribution in [3.05, 3.63) is 53.6 Å². The quantitative estimate of drug-likeness (QED) is 0.602. The summed E-state index contributed by atoms with van der Waals surface area (Å²) < 4.78 is 0. The average molecular weight is 293 g/mol. The van der Waals surface area contributed by atoms with E-state index in [0.717, 1.165) is 28.0 Å². The fourth-order valence-corrected chi connectivity index (χ4v) is 2.73. The number of H-pyrrole nitrogens is 1. The van der Waals surface area contributed by atoms with Crippen molar-refractivity contribution in [1.29, 1.82) is 0 Å². The van der Waals surface area contributed by atoms with Crippen LogP contribution in [-0.4, -0.2) is 19.9 Å². The zero-order valence-electron chi connectivity index (χ0n) is 10.9. The summed E-state index contributed by atoms with van der Waals surface area (Å²) in [6.07, 6.45) is 3.45. The van der Waals surface area contributed by atoms with Gasteiger partial charge in [-0.25, -0.2) is 15.0 Å². The molecule has 0 radical (unpaired) electrons. The predicted molar refractivity (Wildman–Crippen MR) is 84.7 cm³/mol. The molecule has 21 heavy (non-hydrogen) atoms. The van der Waals surface area contributed by atoms with Gasteiger partial charge in [0.2, 0.25) is 5.95 Å². The molecule has 0 aliphatic heterocycles. The number of aromatic nitrogens is 4. The van der Waals surface area contributed by atoms with E-state index < -0.39 is 0 Å². The van der Waals surface area contributed by atoms with Crippen molar-refractivity contribution < 1.29 is 0 Å². The highest BCUT2D eigenvalue weighted by atomic mass is 32.1. The summed E-state index contributed by atoms with van der Waals surface area (Å²) in [7, 11) is 0. The molecule has 0 saturated heterocycles. The second-order valence-corrected chi connectivity index (χ2v) is 5.32. The lowest BCUT2D eigenvalue weighted by atomic mass is 10.1. The number of thiophene rings is 1. The van der Waals surface area contributed by atoms with Crippen LogP contribution in [0.15, 0.2) is 53.6 Å². The van der Waals surface area contributed by atoms with E-state index in [9.17, 15) is 0 Å². The molecule has 3 aromatic heterocycles. The minimum absolute atomic E-state index is 0.593. The normalized spacial score (nSPS) is 10.9. The number of aromatic amines is 1. The summed E-state index contributed by atoms with van der Waals surface area (Å²) in [5.74, 6) is 0.593. The molecule has 1 aromatic carbocycles. The summed E-state index contributed by atoms with van der Waals surface area (Å²) in [6.45, 7) is 0. The van der Waals surface area contributed by atoms with Gasteiger partial charge in [-0.2, -0.15) is 11.3 Å². The second kappa shape index (κ2) is 4.99. The molecular formula is C15H11N5S. The third-order valence-electron chi connectivity index (χ3n) is 3.15. The number of fused-ring (bicyclic) bond motifs is 1. The minimum atomic E-state index is 0.593. The molecule has 0 unspecified atom stereocenters. The lowest BCUT2D eigenvalue weighted by molar-refractivity contribution is 1.17. The lowest BCUT2D eigenvalue weighted by Gasteiger charge is -2.05. The van der Waals surface area contributed by atoms with Crippen LogP contribution < -0.4 is 5.32 Å². The number of benzene rings is 1. The lowest BCUT2D eigenvalue weighted by Crippen LogP contribution is -1.96. The second-order valence-electron chi connectivity index (χ2n) is 4.54. The van der Waals surface area contributed by atoms with Crippen LogP contribution in [0.1, 0.15) is 0 Å². The summed E-state index contributed by atoms with van der Waals surface area (Å²) >= 11 is 1.63. The Balaban J connectivity index is 1.71. The first-order valence-electron chi connectivity index (χ1n) is 6.44. The van der Waals surface area contributed by atoms with Crippen molar-refractivity contribution in [1.82, 2.24) is 19.9 Å². The molecular weight excluding hydrogens is 282 g/mol. The van der Waals surface area contributed by atoms with Gasteiger partial charge >= 0.3 is 0 Å². The zero-order chi connectivity index (χ0) is 14.1. The highest BCUT2D eigenvalue weighted by Crippen LogP contribution is 2.23. The molecule has 0 fully saturated rings. The largest absolute Gasteiger partial charge is 0.345 e. The smallest absolute Gasteiger partial charge is 0.227 e. The molecule has 5 nitrogen and oxygen atoms in total. The van der Waals surface area contributed by atoms with Crippen molar-refractivity contribution in [2.24, 2.45) is 0 Å². The van der Waals surface area contributed by atoms with Crippen molar-refractivity contribution in [3.63, 3.8) is 0 Å². The average Bonchev–Trinajstić information content (AvgIpc) is 3.17. The van der Waals surface area contributed by atoms with E-state index in [2.05, 4.69) is 25.3 Å². The molecule has 0 aliphatic rings. The molecule has 6 heteroatoms. The maximum atomic E-state index is 4.56. The molecule has 2 N–H and O–H groups in total. The summed E-state index contributed by atoms with van der Waals surface area (Å²) in [5.41, 5.74) is 4.85. The van der Waals surface area contributed by atoms with Gasteiger partial charge in [0.05, 0.1) is 28.7 Å². The van der Waals surface area contributed by atoms with E-state index >= 15 is 0 Å². The molecule has 0 atom stereocenters. The van der Waals surface area contributed by atoms with Gasteiger partial charge in [0, 0.05) is 17.1 Å². The number of nitrogens with zero attached hydrogens (tertiary/aromatic N) is 3. The molecule has 0 aliphatic carbocycles. The van der Waals surface area contributed by atoms with Gasteiger partial charge in [0.25, 0.3) is 0 Å². The Morgan fingerprint density at radius 2 is 2.10 bits per heavy atom. The van der Waals surface area contributed by atoms with E-state index in [-0.39, 0.29) is 0 Å². The van der Waals surface area contributed by atoms with Crippen LogP contribution >= 0.6 is 11.3 Å². The van der Waals surface area contributed by atoms with E-state index in [1.165, 1.54) is 0 Å². The van der Waals surface area contributed by atoms with E-state index in [1.807, 2.05) is 41.1 Å². The summed E-state index contributed by atoms with van der Waals surface area (Å²) in [6, 6.07) is 9.93. The molecule has 0 spiro atoms. The summed E-state index contributed by atoms with van der Waals surface area (Å²) in [4.78, 5) is 16.1. The molecule has 102 valence electrons. The maximum absolute atomic E-state index is 4.56. The van der Waals surface area contributed by atoms with Crippen LogP contribution in [0.2, 0.25) is 0 Å².